The largest absolute Gasteiger partial charge is 0.394 e. The van der Waals surface area contributed by atoms with Gasteiger partial charge in [-0.2, -0.15) is 0 Å². The number of nitrogens with zero attached hydrogens (tertiary/aromatic N) is 2. The van der Waals surface area contributed by atoms with E-state index in [1.165, 1.54) is 0 Å². The summed E-state index contributed by atoms with van der Waals surface area (Å²) < 4.78 is 10.6. The van der Waals surface area contributed by atoms with Crippen LogP contribution in [-0.2, 0) is 4.74 Å². The van der Waals surface area contributed by atoms with Crippen molar-refractivity contribution in [1.29, 1.82) is 0 Å². The lowest BCUT2D eigenvalue weighted by Crippen LogP contribution is -2.52. The van der Waals surface area contributed by atoms with E-state index < -0.39 is 0 Å². The van der Waals surface area contributed by atoms with E-state index >= 15 is 0 Å². The van der Waals surface area contributed by atoms with Crippen LogP contribution in [0.4, 0.5) is 0 Å². The molecule has 1 N–H and O–H groups in total. The van der Waals surface area contributed by atoms with Gasteiger partial charge >= 0.3 is 0 Å². The first-order chi connectivity index (χ1) is 9.02. The molecule has 1 aromatic heterocycles. The Morgan fingerprint density at radius 1 is 1.63 bits per heavy atom. The van der Waals surface area contributed by atoms with Crippen molar-refractivity contribution in [2.75, 3.05) is 19.8 Å². The number of rotatable bonds is 3. The number of aliphatic hydroxyl groups excluding tert-OH is 1. The van der Waals surface area contributed by atoms with Gasteiger partial charge < -0.3 is 19.3 Å². The van der Waals surface area contributed by atoms with Crippen molar-refractivity contribution in [3.05, 3.63) is 17.5 Å². The second kappa shape index (κ2) is 5.71. The summed E-state index contributed by atoms with van der Waals surface area (Å²) >= 11 is 0. The third kappa shape index (κ3) is 2.96. The highest BCUT2D eigenvalue weighted by molar-refractivity contribution is 5.92. The minimum absolute atomic E-state index is 0.0329. The molecule has 0 aliphatic carbocycles. The summed E-state index contributed by atoms with van der Waals surface area (Å²) in [6.07, 6.45) is -0.323. The van der Waals surface area contributed by atoms with Crippen molar-refractivity contribution in [3.8, 4) is 0 Å². The lowest BCUT2D eigenvalue weighted by molar-refractivity contribution is -0.0669. The molecule has 0 bridgehead atoms. The Morgan fingerprint density at radius 3 is 2.95 bits per heavy atom. The molecule has 1 fully saturated rings. The van der Waals surface area contributed by atoms with Gasteiger partial charge in [-0.3, -0.25) is 4.79 Å². The smallest absolute Gasteiger partial charge is 0.276 e. The Kier molecular flexibility index (Phi) is 4.21. The Balaban J connectivity index is 2.12. The van der Waals surface area contributed by atoms with Gasteiger partial charge in [0.1, 0.15) is 5.76 Å². The van der Waals surface area contributed by atoms with E-state index in [9.17, 15) is 4.79 Å². The molecule has 2 unspecified atom stereocenters. The molecule has 0 radical (unpaired) electrons. The van der Waals surface area contributed by atoms with Crippen molar-refractivity contribution in [3.63, 3.8) is 0 Å². The molecular formula is C13H20N2O4. The third-order valence-corrected chi connectivity index (χ3v) is 3.29. The molecule has 2 rings (SSSR count). The van der Waals surface area contributed by atoms with Gasteiger partial charge in [0.05, 0.1) is 25.4 Å². The minimum Gasteiger partial charge on any atom is -0.394 e. The SMILES string of the molecule is CC(C)c1cc(C(=O)N2CC(CO)OCC2C)no1. The molecule has 0 aromatic carbocycles. The molecule has 19 heavy (non-hydrogen) atoms. The number of hydrogen-bond donors (Lipinski definition) is 1. The number of aliphatic hydroxyl groups is 1. The van der Waals surface area contributed by atoms with Gasteiger partial charge in [0.15, 0.2) is 5.69 Å². The van der Waals surface area contributed by atoms with E-state index in [4.69, 9.17) is 14.4 Å². The van der Waals surface area contributed by atoms with Gasteiger partial charge in [0.2, 0.25) is 0 Å². The summed E-state index contributed by atoms with van der Waals surface area (Å²) in [6, 6.07) is 1.65. The van der Waals surface area contributed by atoms with E-state index in [1.807, 2.05) is 20.8 Å². The van der Waals surface area contributed by atoms with E-state index in [0.717, 1.165) is 0 Å². The normalized spacial score (nSPS) is 23.9. The number of carbonyl (C=O) groups excluding carboxylic acids is 1. The second-order valence-corrected chi connectivity index (χ2v) is 5.21. The summed E-state index contributed by atoms with van der Waals surface area (Å²) in [4.78, 5) is 14.0. The fraction of sp³-hybridized carbons (Fsp3) is 0.692. The average Bonchev–Trinajstić information content (AvgIpc) is 2.88. The standard InChI is InChI=1S/C13H20N2O4/c1-8(2)12-4-11(14-19-12)13(17)15-5-10(6-16)18-7-9(15)3/h4,8-10,16H,5-7H2,1-3H3. The fourth-order valence-electron chi connectivity index (χ4n) is 2.02. The second-order valence-electron chi connectivity index (χ2n) is 5.21. The zero-order chi connectivity index (χ0) is 14.0. The summed E-state index contributed by atoms with van der Waals surface area (Å²) in [7, 11) is 0. The van der Waals surface area contributed by atoms with Gasteiger partial charge in [0.25, 0.3) is 5.91 Å². The van der Waals surface area contributed by atoms with Crippen LogP contribution in [0.15, 0.2) is 10.6 Å². The third-order valence-electron chi connectivity index (χ3n) is 3.29. The average molecular weight is 268 g/mol. The van der Waals surface area contributed by atoms with E-state index in [2.05, 4.69) is 5.16 Å². The Bertz CT molecular complexity index is 444. The van der Waals surface area contributed by atoms with Gasteiger partial charge in [-0.1, -0.05) is 19.0 Å². The highest BCUT2D eigenvalue weighted by atomic mass is 16.5. The maximum absolute atomic E-state index is 12.4. The van der Waals surface area contributed by atoms with Crippen molar-refractivity contribution < 1.29 is 19.2 Å². The number of amides is 1. The quantitative estimate of drug-likeness (QED) is 0.885. The van der Waals surface area contributed by atoms with Crippen LogP contribution in [0.1, 0.15) is 42.9 Å². The van der Waals surface area contributed by atoms with Crippen LogP contribution in [0, 0.1) is 0 Å². The van der Waals surface area contributed by atoms with Gasteiger partial charge in [-0.15, -0.1) is 0 Å². The molecule has 1 aromatic rings. The molecule has 6 heteroatoms. The highest BCUT2D eigenvalue weighted by Gasteiger charge is 2.31. The van der Waals surface area contributed by atoms with Crippen LogP contribution in [-0.4, -0.2) is 53.0 Å². The summed E-state index contributed by atoms with van der Waals surface area (Å²) in [6.45, 7) is 6.58. The van der Waals surface area contributed by atoms with E-state index in [1.54, 1.807) is 11.0 Å². The molecule has 1 aliphatic rings. The molecule has 1 amide bonds. The van der Waals surface area contributed by atoms with Crippen LogP contribution in [0.5, 0.6) is 0 Å². The molecule has 0 spiro atoms. The number of aromatic nitrogens is 1. The topological polar surface area (TPSA) is 75.8 Å². The van der Waals surface area contributed by atoms with Gasteiger partial charge in [0, 0.05) is 18.5 Å². The molecule has 2 atom stereocenters. The van der Waals surface area contributed by atoms with Crippen LogP contribution >= 0.6 is 0 Å². The first kappa shape index (κ1) is 14.0. The number of morpholine rings is 1. The first-order valence-electron chi connectivity index (χ1n) is 6.53. The predicted molar refractivity (Wildman–Crippen MR) is 67.9 cm³/mol. The minimum atomic E-state index is -0.323. The van der Waals surface area contributed by atoms with E-state index in [0.29, 0.717) is 24.6 Å². The van der Waals surface area contributed by atoms with Crippen LogP contribution in [0.2, 0.25) is 0 Å². The summed E-state index contributed by atoms with van der Waals surface area (Å²) in [5, 5.41) is 13.0. The highest BCUT2D eigenvalue weighted by Crippen LogP contribution is 2.19. The Labute approximate surface area is 112 Å². The van der Waals surface area contributed by atoms with Crippen molar-refractivity contribution in [2.24, 2.45) is 0 Å². The molecule has 2 heterocycles. The predicted octanol–water partition coefficient (Wildman–Crippen LogP) is 1.02. The van der Waals surface area contributed by atoms with Gasteiger partial charge in [-0.05, 0) is 6.92 Å². The lowest BCUT2D eigenvalue weighted by atomic mass is 10.1. The van der Waals surface area contributed by atoms with E-state index in [-0.39, 0.29) is 30.6 Å². The first-order valence-corrected chi connectivity index (χ1v) is 6.53. The van der Waals surface area contributed by atoms with Crippen molar-refractivity contribution in [1.82, 2.24) is 10.1 Å². The van der Waals surface area contributed by atoms with Crippen LogP contribution < -0.4 is 0 Å². The number of carbonyl (C=O) groups is 1. The maximum Gasteiger partial charge on any atom is 0.276 e. The fourth-order valence-corrected chi connectivity index (χ4v) is 2.02. The molecule has 1 saturated heterocycles. The summed E-state index contributed by atoms with van der Waals surface area (Å²) in [5.41, 5.74) is 0.314. The Hall–Kier alpha value is -1.40. The molecular weight excluding hydrogens is 248 g/mol. The summed E-state index contributed by atoms with van der Waals surface area (Å²) in [5.74, 6) is 0.717. The Morgan fingerprint density at radius 2 is 2.37 bits per heavy atom. The molecule has 6 nitrogen and oxygen atoms in total. The molecule has 1 aliphatic heterocycles. The number of ether oxygens (including phenoxy) is 1. The zero-order valence-corrected chi connectivity index (χ0v) is 11.5. The zero-order valence-electron chi connectivity index (χ0n) is 11.5. The van der Waals surface area contributed by atoms with Crippen molar-refractivity contribution in [2.45, 2.75) is 38.8 Å². The van der Waals surface area contributed by atoms with Crippen molar-refractivity contribution >= 4 is 5.91 Å². The molecule has 0 saturated carbocycles. The monoisotopic (exact) mass is 268 g/mol. The van der Waals surface area contributed by atoms with Gasteiger partial charge in [-0.25, -0.2) is 0 Å². The lowest BCUT2D eigenvalue weighted by Gasteiger charge is -2.36. The number of hydrogen-bond acceptors (Lipinski definition) is 5. The van der Waals surface area contributed by atoms with Crippen LogP contribution in [0.25, 0.3) is 0 Å². The molecule has 106 valence electrons. The maximum atomic E-state index is 12.4. The van der Waals surface area contributed by atoms with Crippen LogP contribution in [0.3, 0.4) is 0 Å².